The summed E-state index contributed by atoms with van der Waals surface area (Å²) in [4.78, 5) is 0. The zero-order chi connectivity index (χ0) is 12.4. The number of benzene rings is 2. The third-order valence-electron chi connectivity index (χ3n) is 3.35. The van der Waals surface area contributed by atoms with Crippen LogP contribution in [0.3, 0.4) is 0 Å². The molecule has 1 saturated heterocycles. The fourth-order valence-electron chi connectivity index (χ4n) is 2.28. The molecule has 0 atom stereocenters. The molecule has 1 aliphatic rings. The molecule has 18 heavy (non-hydrogen) atoms. The topological polar surface area (TPSA) is 0 Å². The maximum absolute atomic E-state index is 2.34. The van der Waals surface area contributed by atoms with Crippen LogP contribution in [-0.4, -0.2) is 11.5 Å². The molecule has 2 aromatic rings. The molecule has 2 heteroatoms. The second kappa shape index (κ2) is 5.02. The molecule has 0 aliphatic carbocycles. The van der Waals surface area contributed by atoms with Crippen molar-refractivity contribution in [3.05, 3.63) is 60.2 Å². The number of thioether (sulfide) groups is 2. The Hall–Kier alpha value is -0.860. The zero-order valence-electron chi connectivity index (χ0n) is 10.4. The Morgan fingerprint density at radius 2 is 1.33 bits per heavy atom. The Labute approximate surface area is 117 Å². The van der Waals surface area contributed by atoms with Gasteiger partial charge in [0.1, 0.15) is 0 Å². The van der Waals surface area contributed by atoms with Crippen LogP contribution in [0.5, 0.6) is 0 Å². The van der Waals surface area contributed by atoms with Crippen LogP contribution >= 0.6 is 23.5 Å². The normalized spacial score (nSPS) is 17.8. The SMILES string of the molecule is CC1(c2ccc(-c3ccccc3)cc2)SCCS1. The van der Waals surface area contributed by atoms with Crippen molar-refractivity contribution in [2.24, 2.45) is 0 Å². The first-order valence-corrected chi connectivity index (χ1v) is 8.19. The lowest BCUT2D eigenvalue weighted by Crippen LogP contribution is -2.07. The maximum Gasteiger partial charge on any atom is 0.0832 e. The lowest BCUT2D eigenvalue weighted by atomic mass is 10.0. The van der Waals surface area contributed by atoms with E-state index in [2.05, 4.69) is 85.0 Å². The molecule has 0 nitrogen and oxygen atoms in total. The highest BCUT2D eigenvalue weighted by Crippen LogP contribution is 2.51. The molecule has 3 rings (SSSR count). The van der Waals surface area contributed by atoms with E-state index in [1.165, 1.54) is 28.2 Å². The molecule has 1 heterocycles. The van der Waals surface area contributed by atoms with Crippen LogP contribution in [0.1, 0.15) is 12.5 Å². The van der Waals surface area contributed by atoms with E-state index in [0.717, 1.165) is 0 Å². The van der Waals surface area contributed by atoms with Gasteiger partial charge >= 0.3 is 0 Å². The van der Waals surface area contributed by atoms with Gasteiger partial charge in [-0.15, -0.1) is 23.5 Å². The first-order valence-electron chi connectivity index (χ1n) is 6.22. The third kappa shape index (κ3) is 2.32. The number of rotatable bonds is 2. The molecule has 0 saturated carbocycles. The van der Waals surface area contributed by atoms with E-state index in [1.807, 2.05) is 0 Å². The Bertz CT molecular complexity index is 511. The van der Waals surface area contributed by atoms with Crippen molar-refractivity contribution in [1.82, 2.24) is 0 Å². The second-order valence-electron chi connectivity index (χ2n) is 4.59. The maximum atomic E-state index is 2.34. The minimum Gasteiger partial charge on any atom is -0.139 e. The number of hydrogen-bond donors (Lipinski definition) is 0. The summed E-state index contributed by atoms with van der Waals surface area (Å²) in [5.41, 5.74) is 4.03. The van der Waals surface area contributed by atoms with Gasteiger partial charge in [-0.05, 0) is 23.6 Å². The van der Waals surface area contributed by atoms with E-state index in [0.29, 0.717) is 0 Å². The van der Waals surface area contributed by atoms with Gasteiger partial charge < -0.3 is 0 Å². The zero-order valence-corrected chi connectivity index (χ0v) is 12.1. The third-order valence-corrected chi connectivity index (χ3v) is 6.71. The predicted molar refractivity (Wildman–Crippen MR) is 84.1 cm³/mol. The van der Waals surface area contributed by atoms with Crippen molar-refractivity contribution >= 4 is 23.5 Å². The lowest BCUT2D eigenvalue weighted by molar-refractivity contribution is 1.02. The summed E-state index contributed by atoms with van der Waals surface area (Å²) in [5, 5.41) is 0. The highest BCUT2D eigenvalue weighted by Gasteiger charge is 2.31. The molecule has 2 aromatic carbocycles. The summed E-state index contributed by atoms with van der Waals surface area (Å²) in [6.07, 6.45) is 0. The Balaban J connectivity index is 1.90. The predicted octanol–water partition coefficient (Wildman–Crippen LogP) is 5.01. The monoisotopic (exact) mass is 272 g/mol. The van der Waals surface area contributed by atoms with Crippen LogP contribution < -0.4 is 0 Å². The summed E-state index contributed by atoms with van der Waals surface area (Å²) in [6, 6.07) is 19.6. The van der Waals surface area contributed by atoms with Crippen molar-refractivity contribution in [2.45, 2.75) is 11.0 Å². The minimum atomic E-state index is 0.259. The van der Waals surface area contributed by atoms with Crippen molar-refractivity contribution < 1.29 is 0 Å². The van der Waals surface area contributed by atoms with Crippen LogP contribution in [0.2, 0.25) is 0 Å². The van der Waals surface area contributed by atoms with Gasteiger partial charge in [0.2, 0.25) is 0 Å². The van der Waals surface area contributed by atoms with Crippen molar-refractivity contribution in [1.29, 1.82) is 0 Å². The van der Waals surface area contributed by atoms with E-state index >= 15 is 0 Å². The molecular formula is C16H16S2. The van der Waals surface area contributed by atoms with Gasteiger partial charge in [0, 0.05) is 11.5 Å². The van der Waals surface area contributed by atoms with Crippen LogP contribution in [0.15, 0.2) is 54.6 Å². The van der Waals surface area contributed by atoms with Gasteiger partial charge in [0.05, 0.1) is 4.08 Å². The lowest BCUT2D eigenvalue weighted by Gasteiger charge is -2.22. The molecule has 0 N–H and O–H groups in total. The fourth-order valence-corrected chi connectivity index (χ4v) is 5.16. The van der Waals surface area contributed by atoms with Crippen LogP contribution in [0, 0.1) is 0 Å². The van der Waals surface area contributed by atoms with Crippen LogP contribution in [0.25, 0.3) is 11.1 Å². The van der Waals surface area contributed by atoms with Crippen molar-refractivity contribution in [2.75, 3.05) is 11.5 Å². The molecular weight excluding hydrogens is 256 g/mol. The molecule has 1 fully saturated rings. The van der Waals surface area contributed by atoms with E-state index in [-0.39, 0.29) is 4.08 Å². The molecule has 0 amide bonds. The molecule has 0 spiro atoms. The molecule has 0 radical (unpaired) electrons. The summed E-state index contributed by atoms with van der Waals surface area (Å²) in [7, 11) is 0. The Morgan fingerprint density at radius 1 is 0.778 bits per heavy atom. The Morgan fingerprint density at radius 3 is 1.94 bits per heavy atom. The van der Waals surface area contributed by atoms with Gasteiger partial charge in [-0.3, -0.25) is 0 Å². The number of hydrogen-bond acceptors (Lipinski definition) is 2. The fraction of sp³-hybridized carbons (Fsp3) is 0.250. The molecule has 0 aromatic heterocycles. The molecule has 0 unspecified atom stereocenters. The average Bonchev–Trinajstić information content (AvgIpc) is 2.88. The molecule has 92 valence electrons. The van der Waals surface area contributed by atoms with Crippen LogP contribution in [0.4, 0.5) is 0 Å². The summed E-state index contributed by atoms with van der Waals surface area (Å²) in [5.74, 6) is 2.53. The van der Waals surface area contributed by atoms with Gasteiger partial charge in [0.25, 0.3) is 0 Å². The van der Waals surface area contributed by atoms with Crippen molar-refractivity contribution in [3.63, 3.8) is 0 Å². The van der Waals surface area contributed by atoms with Gasteiger partial charge in [-0.25, -0.2) is 0 Å². The van der Waals surface area contributed by atoms with Gasteiger partial charge in [-0.1, -0.05) is 54.6 Å². The smallest absolute Gasteiger partial charge is 0.0832 e. The highest BCUT2D eigenvalue weighted by molar-refractivity contribution is 8.20. The van der Waals surface area contributed by atoms with Gasteiger partial charge in [0.15, 0.2) is 0 Å². The van der Waals surface area contributed by atoms with E-state index in [9.17, 15) is 0 Å². The molecule has 1 aliphatic heterocycles. The largest absolute Gasteiger partial charge is 0.139 e. The quantitative estimate of drug-likeness (QED) is 0.754. The minimum absolute atomic E-state index is 0.259. The summed E-state index contributed by atoms with van der Waals surface area (Å²) in [6.45, 7) is 2.34. The first-order chi connectivity index (χ1) is 8.78. The van der Waals surface area contributed by atoms with Gasteiger partial charge in [-0.2, -0.15) is 0 Å². The van der Waals surface area contributed by atoms with Crippen molar-refractivity contribution in [3.8, 4) is 11.1 Å². The first kappa shape index (κ1) is 12.2. The second-order valence-corrected chi connectivity index (χ2v) is 7.87. The summed E-state index contributed by atoms with van der Waals surface area (Å²) >= 11 is 4.12. The summed E-state index contributed by atoms with van der Waals surface area (Å²) < 4.78 is 0.259. The standard InChI is InChI=1S/C16H16S2/c1-16(17-11-12-18-16)15-9-7-14(8-10-15)13-5-3-2-4-6-13/h2-10H,11-12H2,1H3. The van der Waals surface area contributed by atoms with E-state index < -0.39 is 0 Å². The highest BCUT2D eigenvalue weighted by atomic mass is 32.2. The van der Waals surface area contributed by atoms with E-state index in [4.69, 9.17) is 0 Å². The average molecular weight is 272 g/mol. The van der Waals surface area contributed by atoms with Crippen LogP contribution in [-0.2, 0) is 4.08 Å². The Kier molecular flexibility index (Phi) is 3.40. The molecule has 0 bridgehead atoms. The van der Waals surface area contributed by atoms with E-state index in [1.54, 1.807) is 0 Å².